The van der Waals surface area contributed by atoms with Crippen molar-refractivity contribution in [3.63, 3.8) is 0 Å². The smallest absolute Gasteiger partial charge is 0.222 e. The molecular weight excluding hydrogens is 457 g/mol. The van der Waals surface area contributed by atoms with Crippen LogP contribution in [0.2, 0.25) is 0 Å². The fraction of sp³-hybridized carbons (Fsp3) is 0.867. The van der Waals surface area contributed by atoms with Crippen LogP contribution in [0.15, 0.2) is 4.99 Å². The molecule has 10 heteroatoms. The standard InChI is InChI=1S/C15H29N5O3S.HI/c1-16-15(18-13-4-5-14(21)19(2)11-13)17-10-12-6-8-20(9-7-12)24(3,22)23;/h12-13H,4-11H2,1-3H3,(H2,16,17,18);1H. The molecule has 0 aromatic carbocycles. The Hall–Kier alpha value is -0.620. The first kappa shape index (κ1) is 22.4. The van der Waals surface area contributed by atoms with Gasteiger partial charge in [0.2, 0.25) is 15.9 Å². The zero-order valence-corrected chi connectivity index (χ0v) is 18.3. The molecule has 0 aromatic rings. The number of nitrogens with one attached hydrogen (secondary N) is 2. The van der Waals surface area contributed by atoms with Crippen molar-refractivity contribution in [1.82, 2.24) is 19.8 Å². The molecule has 2 heterocycles. The van der Waals surface area contributed by atoms with Gasteiger partial charge < -0.3 is 15.5 Å². The van der Waals surface area contributed by atoms with Crippen LogP contribution in [-0.4, -0.2) is 82.1 Å². The van der Waals surface area contributed by atoms with Crippen molar-refractivity contribution in [3.8, 4) is 0 Å². The number of likely N-dealkylation sites (tertiary alicyclic amines) is 1. The van der Waals surface area contributed by atoms with Gasteiger partial charge in [0, 0.05) is 52.7 Å². The number of sulfonamides is 1. The van der Waals surface area contributed by atoms with Gasteiger partial charge in [-0.05, 0) is 25.2 Å². The molecule has 0 aliphatic carbocycles. The van der Waals surface area contributed by atoms with Gasteiger partial charge in [-0.2, -0.15) is 0 Å². The van der Waals surface area contributed by atoms with E-state index in [0.29, 0.717) is 32.0 Å². The minimum atomic E-state index is -3.07. The molecule has 2 rings (SSSR count). The number of rotatable bonds is 4. The summed E-state index contributed by atoms with van der Waals surface area (Å²) in [6, 6.07) is 0.214. The molecular formula is C15H30IN5O3S. The van der Waals surface area contributed by atoms with Crippen molar-refractivity contribution < 1.29 is 13.2 Å². The van der Waals surface area contributed by atoms with Gasteiger partial charge in [0.25, 0.3) is 0 Å². The van der Waals surface area contributed by atoms with Crippen LogP contribution in [0.4, 0.5) is 0 Å². The van der Waals surface area contributed by atoms with Crippen molar-refractivity contribution in [3.05, 3.63) is 0 Å². The van der Waals surface area contributed by atoms with Crippen LogP contribution in [0.1, 0.15) is 25.7 Å². The first-order chi connectivity index (χ1) is 11.3. The molecule has 0 radical (unpaired) electrons. The maximum atomic E-state index is 11.5. The SMILES string of the molecule is CN=C(NCC1CCN(S(C)(=O)=O)CC1)NC1CCC(=O)N(C)C1.I. The van der Waals surface area contributed by atoms with Crippen molar-refractivity contribution in [1.29, 1.82) is 0 Å². The Morgan fingerprint density at radius 1 is 1.28 bits per heavy atom. The minimum absolute atomic E-state index is 0. The number of piperidine rings is 2. The average molecular weight is 487 g/mol. The van der Waals surface area contributed by atoms with Gasteiger partial charge in [0.1, 0.15) is 0 Å². The monoisotopic (exact) mass is 487 g/mol. The summed E-state index contributed by atoms with van der Waals surface area (Å²) in [7, 11) is 0.487. The summed E-state index contributed by atoms with van der Waals surface area (Å²) in [5.74, 6) is 1.37. The van der Waals surface area contributed by atoms with Crippen molar-refractivity contribution in [2.75, 3.05) is 46.5 Å². The van der Waals surface area contributed by atoms with Crippen LogP contribution in [0.5, 0.6) is 0 Å². The van der Waals surface area contributed by atoms with Crippen molar-refractivity contribution in [2.24, 2.45) is 10.9 Å². The van der Waals surface area contributed by atoms with Crippen LogP contribution in [-0.2, 0) is 14.8 Å². The Morgan fingerprint density at radius 3 is 2.44 bits per heavy atom. The third kappa shape index (κ3) is 6.89. The van der Waals surface area contributed by atoms with E-state index in [9.17, 15) is 13.2 Å². The predicted molar refractivity (Wildman–Crippen MR) is 110 cm³/mol. The van der Waals surface area contributed by atoms with E-state index in [1.54, 1.807) is 16.3 Å². The number of hydrogen-bond donors (Lipinski definition) is 2. The Balaban J connectivity index is 0.00000312. The highest BCUT2D eigenvalue weighted by atomic mass is 127. The third-order valence-electron chi connectivity index (χ3n) is 4.79. The largest absolute Gasteiger partial charge is 0.356 e. The van der Waals surface area contributed by atoms with Crippen LogP contribution in [0.25, 0.3) is 0 Å². The normalized spacial score (nSPS) is 24.0. The third-order valence-corrected chi connectivity index (χ3v) is 6.09. The van der Waals surface area contributed by atoms with Crippen LogP contribution < -0.4 is 10.6 Å². The van der Waals surface area contributed by atoms with Crippen LogP contribution in [0.3, 0.4) is 0 Å². The number of halogens is 1. The molecule has 2 saturated heterocycles. The molecule has 1 unspecified atom stereocenters. The molecule has 25 heavy (non-hydrogen) atoms. The van der Waals surface area contributed by atoms with Gasteiger partial charge in [-0.3, -0.25) is 9.79 Å². The maximum Gasteiger partial charge on any atom is 0.222 e. The number of nitrogens with zero attached hydrogens (tertiary/aromatic N) is 3. The molecule has 0 spiro atoms. The zero-order chi connectivity index (χ0) is 17.7. The summed E-state index contributed by atoms with van der Waals surface area (Å²) in [5.41, 5.74) is 0. The highest BCUT2D eigenvalue weighted by molar-refractivity contribution is 14.0. The van der Waals surface area contributed by atoms with Gasteiger partial charge in [-0.1, -0.05) is 0 Å². The molecule has 0 bridgehead atoms. The lowest BCUT2D eigenvalue weighted by atomic mass is 9.98. The Labute approximate surface area is 167 Å². The van der Waals surface area contributed by atoms with E-state index < -0.39 is 10.0 Å². The molecule has 2 fully saturated rings. The number of likely N-dealkylation sites (N-methyl/N-ethyl adjacent to an activating group) is 1. The molecule has 146 valence electrons. The fourth-order valence-corrected chi connectivity index (χ4v) is 4.08. The van der Waals surface area contributed by atoms with Gasteiger partial charge in [0.15, 0.2) is 5.96 Å². The van der Waals surface area contributed by atoms with Crippen LogP contribution >= 0.6 is 24.0 Å². The lowest BCUT2D eigenvalue weighted by Gasteiger charge is -2.32. The molecule has 2 N–H and O–H groups in total. The maximum absolute atomic E-state index is 11.5. The average Bonchev–Trinajstić information content (AvgIpc) is 2.54. The summed E-state index contributed by atoms with van der Waals surface area (Å²) >= 11 is 0. The van der Waals surface area contributed by atoms with E-state index in [1.807, 2.05) is 7.05 Å². The number of aliphatic imine (C=N–C) groups is 1. The second-order valence-electron chi connectivity index (χ2n) is 6.71. The first-order valence-corrected chi connectivity index (χ1v) is 10.3. The topological polar surface area (TPSA) is 94.1 Å². The van der Waals surface area contributed by atoms with Crippen molar-refractivity contribution >= 4 is 45.9 Å². The number of hydrogen-bond acceptors (Lipinski definition) is 4. The quantitative estimate of drug-likeness (QED) is 0.333. The van der Waals surface area contributed by atoms with E-state index in [4.69, 9.17) is 0 Å². The Kier molecular flexibility index (Phi) is 8.89. The summed E-state index contributed by atoms with van der Waals surface area (Å²) in [6.45, 7) is 2.64. The van der Waals surface area contributed by atoms with E-state index in [0.717, 1.165) is 31.8 Å². The second kappa shape index (κ2) is 9.91. The number of carbonyl (C=O) groups is 1. The van der Waals surface area contributed by atoms with E-state index in [1.165, 1.54) is 6.26 Å². The van der Waals surface area contributed by atoms with Gasteiger partial charge in [-0.15, -0.1) is 24.0 Å². The predicted octanol–water partition coefficient (Wildman–Crippen LogP) is 0.0618. The Bertz CT molecular complexity index is 576. The van der Waals surface area contributed by atoms with E-state index >= 15 is 0 Å². The molecule has 8 nitrogen and oxygen atoms in total. The van der Waals surface area contributed by atoms with Crippen molar-refractivity contribution in [2.45, 2.75) is 31.7 Å². The summed E-state index contributed by atoms with van der Waals surface area (Å²) < 4.78 is 24.6. The van der Waals surface area contributed by atoms with Gasteiger partial charge in [0.05, 0.1) is 6.26 Å². The number of carbonyl (C=O) groups excluding carboxylic acids is 1. The molecule has 1 amide bonds. The second-order valence-corrected chi connectivity index (χ2v) is 8.70. The molecule has 2 aliphatic heterocycles. The molecule has 1 atom stereocenters. The van der Waals surface area contributed by atoms with Gasteiger partial charge in [-0.25, -0.2) is 12.7 Å². The van der Waals surface area contributed by atoms with E-state index in [2.05, 4.69) is 15.6 Å². The minimum Gasteiger partial charge on any atom is -0.356 e. The number of amides is 1. The lowest BCUT2D eigenvalue weighted by molar-refractivity contribution is -0.132. The van der Waals surface area contributed by atoms with Crippen LogP contribution in [0, 0.1) is 5.92 Å². The summed E-state index contributed by atoms with van der Waals surface area (Å²) in [5, 5.41) is 6.70. The highest BCUT2D eigenvalue weighted by Crippen LogP contribution is 2.18. The lowest BCUT2D eigenvalue weighted by Crippen LogP contribution is -2.52. The first-order valence-electron chi connectivity index (χ1n) is 8.46. The van der Waals surface area contributed by atoms with E-state index in [-0.39, 0.29) is 35.9 Å². The fourth-order valence-electron chi connectivity index (χ4n) is 3.20. The molecule has 0 aromatic heterocycles. The number of guanidine groups is 1. The summed E-state index contributed by atoms with van der Waals surface area (Å²) in [4.78, 5) is 17.5. The molecule has 2 aliphatic rings. The van der Waals surface area contributed by atoms with Gasteiger partial charge >= 0.3 is 0 Å². The summed E-state index contributed by atoms with van der Waals surface area (Å²) in [6.07, 6.45) is 4.37. The Morgan fingerprint density at radius 2 is 1.92 bits per heavy atom. The molecule has 0 saturated carbocycles. The zero-order valence-electron chi connectivity index (χ0n) is 15.2. The highest BCUT2D eigenvalue weighted by Gasteiger charge is 2.26.